The molecule has 0 saturated carbocycles. The van der Waals surface area contributed by atoms with Gasteiger partial charge in [-0.3, -0.25) is 4.79 Å². The van der Waals surface area contributed by atoms with Crippen molar-refractivity contribution in [3.05, 3.63) is 60.0 Å². The van der Waals surface area contributed by atoms with Crippen LogP contribution in [0.1, 0.15) is 32.2 Å². The number of hydrogen-bond donors (Lipinski definition) is 0. The molecule has 1 amide bonds. The van der Waals surface area contributed by atoms with E-state index in [-0.39, 0.29) is 35.2 Å². The van der Waals surface area contributed by atoms with Crippen LogP contribution in [0.5, 0.6) is 0 Å². The maximum Gasteiger partial charge on any atom is 0.246 e. The minimum atomic E-state index is -3.79. The van der Waals surface area contributed by atoms with Gasteiger partial charge in [0.1, 0.15) is 0 Å². The number of sulfonamides is 1. The van der Waals surface area contributed by atoms with E-state index in [0.717, 1.165) is 14.8 Å². The Morgan fingerprint density at radius 3 is 2.21 bits per heavy atom. The van der Waals surface area contributed by atoms with Gasteiger partial charge in [-0.05, 0) is 41.5 Å². The number of nitrogens with zero attached hydrogens (tertiary/aromatic N) is 4. The summed E-state index contributed by atoms with van der Waals surface area (Å²) in [6.07, 6.45) is 1.92. The fraction of sp³-hybridized carbons (Fsp3) is 0.375. The minimum absolute atomic E-state index is 0.0443. The predicted molar refractivity (Wildman–Crippen MR) is 133 cm³/mol. The van der Waals surface area contributed by atoms with E-state index in [1.807, 2.05) is 30.5 Å². The standard InChI is InChI=1S/C24H30N4O4S2/c1-24(2,3)18-9-7-17(8-10-18)23-25-21(32-26-23)15-27(4)22(29)16-28(5)34(30,31)20-13-11-19(33-6)12-14-20/h7-14H,15-16H2,1-6H3. The van der Waals surface area contributed by atoms with Crippen molar-refractivity contribution in [2.24, 2.45) is 0 Å². The average molecular weight is 503 g/mol. The first-order chi connectivity index (χ1) is 15.9. The van der Waals surface area contributed by atoms with Crippen molar-refractivity contribution in [1.29, 1.82) is 0 Å². The summed E-state index contributed by atoms with van der Waals surface area (Å²) >= 11 is 1.52. The second-order valence-electron chi connectivity index (χ2n) is 9.03. The summed E-state index contributed by atoms with van der Waals surface area (Å²) in [6, 6.07) is 14.5. The van der Waals surface area contributed by atoms with Crippen LogP contribution in [0.3, 0.4) is 0 Å². The van der Waals surface area contributed by atoms with Crippen LogP contribution in [0.25, 0.3) is 11.4 Å². The normalized spacial score (nSPS) is 12.2. The van der Waals surface area contributed by atoms with Crippen LogP contribution in [0.4, 0.5) is 0 Å². The van der Waals surface area contributed by atoms with Gasteiger partial charge in [0.25, 0.3) is 0 Å². The van der Waals surface area contributed by atoms with Crippen molar-refractivity contribution in [2.45, 2.75) is 42.5 Å². The summed E-state index contributed by atoms with van der Waals surface area (Å²) in [5.41, 5.74) is 2.06. The molecule has 1 aromatic heterocycles. The molecule has 0 radical (unpaired) electrons. The lowest BCUT2D eigenvalue weighted by Gasteiger charge is -2.21. The van der Waals surface area contributed by atoms with E-state index in [1.54, 1.807) is 31.3 Å². The van der Waals surface area contributed by atoms with Gasteiger partial charge in [0.2, 0.25) is 27.6 Å². The second-order valence-corrected chi connectivity index (χ2v) is 12.0. The van der Waals surface area contributed by atoms with Crippen LogP contribution in [-0.4, -0.2) is 60.6 Å². The van der Waals surface area contributed by atoms with Crippen molar-refractivity contribution in [3.8, 4) is 11.4 Å². The summed E-state index contributed by atoms with van der Waals surface area (Å²) < 4.78 is 32.0. The third-order valence-electron chi connectivity index (χ3n) is 5.40. The van der Waals surface area contributed by atoms with Gasteiger partial charge >= 0.3 is 0 Å². The number of benzene rings is 2. The van der Waals surface area contributed by atoms with Gasteiger partial charge < -0.3 is 9.42 Å². The predicted octanol–water partition coefficient (Wildman–Crippen LogP) is 4.04. The topological polar surface area (TPSA) is 96.6 Å². The van der Waals surface area contributed by atoms with Gasteiger partial charge in [0.15, 0.2) is 0 Å². The Morgan fingerprint density at radius 2 is 1.65 bits per heavy atom. The molecular formula is C24H30N4O4S2. The Kier molecular flexibility index (Phi) is 7.84. The Labute approximate surface area is 205 Å². The number of aromatic nitrogens is 2. The zero-order chi connectivity index (χ0) is 25.1. The van der Waals surface area contributed by atoms with Crippen LogP contribution >= 0.6 is 11.8 Å². The van der Waals surface area contributed by atoms with E-state index >= 15 is 0 Å². The third-order valence-corrected chi connectivity index (χ3v) is 7.96. The maximum atomic E-state index is 12.8. The van der Waals surface area contributed by atoms with Gasteiger partial charge in [0.05, 0.1) is 18.0 Å². The lowest BCUT2D eigenvalue weighted by atomic mass is 9.87. The largest absolute Gasteiger partial charge is 0.337 e. The quantitative estimate of drug-likeness (QED) is 0.429. The highest BCUT2D eigenvalue weighted by Crippen LogP contribution is 2.25. The Morgan fingerprint density at radius 1 is 1.03 bits per heavy atom. The zero-order valence-electron chi connectivity index (χ0n) is 20.3. The molecule has 3 aromatic rings. The first kappa shape index (κ1) is 25.9. The third kappa shape index (κ3) is 6.05. The molecule has 0 atom stereocenters. The summed E-state index contributed by atoms with van der Waals surface area (Å²) in [5.74, 6) is 0.315. The lowest BCUT2D eigenvalue weighted by Crippen LogP contribution is -2.39. The van der Waals surface area contributed by atoms with Crippen LogP contribution in [0, 0.1) is 0 Å². The van der Waals surface area contributed by atoms with E-state index in [4.69, 9.17) is 4.52 Å². The van der Waals surface area contributed by atoms with Crippen LogP contribution in [0.2, 0.25) is 0 Å². The van der Waals surface area contributed by atoms with E-state index in [2.05, 4.69) is 30.9 Å². The Bertz CT molecular complexity index is 1230. The van der Waals surface area contributed by atoms with Crippen LogP contribution < -0.4 is 0 Å². The zero-order valence-corrected chi connectivity index (χ0v) is 21.9. The molecule has 0 spiro atoms. The smallest absolute Gasteiger partial charge is 0.246 e. The van der Waals surface area contributed by atoms with E-state index in [0.29, 0.717) is 5.82 Å². The molecule has 0 aliphatic rings. The number of thioether (sulfide) groups is 1. The van der Waals surface area contributed by atoms with Crippen molar-refractivity contribution >= 4 is 27.7 Å². The molecule has 0 bridgehead atoms. The molecule has 0 saturated heterocycles. The summed E-state index contributed by atoms with van der Waals surface area (Å²) in [6.45, 7) is 6.20. The minimum Gasteiger partial charge on any atom is -0.337 e. The van der Waals surface area contributed by atoms with Crippen LogP contribution in [-0.2, 0) is 26.8 Å². The molecule has 0 N–H and O–H groups in total. The molecule has 8 nitrogen and oxygen atoms in total. The monoisotopic (exact) mass is 502 g/mol. The molecule has 0 aliphatic heterocycles. The molecule has 34 heavy (non-hydrogen) atoms. The number of carbonyl (C=O) groups is 1. The first-order valence-electron chi connectivity index (χ1n) is 10.7. The highest BCUT2D eigenvalue weighted by molar-refractivity contribution is 7.98. The summed E-state index contributed by atoms with van der Waals surface area (Å²) in [5, 5.41) is 4.01. The second kappa shape index (κ2) is 10.3. The molecule has 0 fully saturated rings. The molecule has 2 aromatic carbocycles. The Hall–Kier alpha value is -2.69. The highest BCUT2D eigenvalue weighted by atomic mass is 32.2. The number of rotatable bonds is 8. The van der Waals surface area contributed by atoms with Crippen molar-refractivity contribution in [3.63, 3.8) is 0 Å². The molecule has 10 heteroatoms. The fourth-order valence-electron chi connectivity index (χ4n) is 3.17. The number of likely N-dealkylation sites (N-methyl/N-ethyl adjacent to an activating group) is 2. The fourth-order valence-corrected chi connectivity index (χ4v) is 4.70. The van der Waals surface area contributed by atoms with Gasteiger partial charge in [0, 0.05) is 24.6 Å². The molecular weight excluding hydrogens is 472 g/mol. The van der Waals surface area contributed by atoms with Crippen molar-refractivity contribution in [1.82, 2.24) is 19.3 Å². The molecule has 1 heterocycles. The van der Waals surface area contributed by atoms with Gasteiger partial charge in [-0.1, -0.05) is 50.2 Å². The molecule has 0 aliphatic carbocycles. The highest BCUT2D eigenvalue weighted by Gasteiger charge is 2.25. The SMILES string of the molecule is CSc1ccc(S(=O)(=O)N(C)CC(=O)N(C)Cc2nc(-c3ccc(C(C)(C)C)cc3)no2)cc1. The van der Waals surface area contributed by atoms with E-state index in [1.165, 1.54) is 29.3 Å². The van der Waals surface area contributed by atoms with Crippen molar-refractivity contribution < 1.29 is 17.7 Å². The van der Waals surface area contributed by atoms with Gasteiger partial charge in [-0.15, -0.1) is 11.8 Å². The maximum absolute atomic E-state index is 12.8. The van der Waals surface area contributed by atoms with Crippen molar-refractivity contribution in [2.75, 3.05) is 26.9 Å². The molecule has 3 rings (SSSR count). The number of amides is 1. The first-order valence-corrected chi connectivity index (χ1v) is 13.4. The number of hydrogen-bond acceptors (Lipinski definition) is 7. The number of carbonyl (C=O) groups excluding carboxylic acids is 1. The van der Waals surface area contributed by atoms with E-state index < -0.39 is 10.0 Å². The molecule has 182 valence electrons. The van der Waals surface area contributed by atoms with E-state index in [9.17, 15) is 13.2 Å². The van der Waals surface area contributed by atoms with Crippen LogP contribution in [0.15, 0.2) is 62.8 Å². The average Bonchev–Trinajstić information content (AvgIpc) is 3.27. The Balaban J connectivity index is 1.63. The summed E-state index contributed by atoms with van der Waals surface area (Å²) in [4.78, 5) is 19.5. The van der Waals surface area contributed by atoms with Gasteiger partial charge in [-0.2, -0.15) is 9.29 Å². The lowest BCUT2D eigenvalue weighted by molar-refractivity contribution is -0.130. The molecule has 0 unspecified atom stereocenters. The summed E-state index contributed by atoms with van der Waals surface area (Å²) in [7, 11) is -0.834. The van der Waals surface area contributed by atoms with Gasteiger partial charge in [-0.25, -0.2) is 8.42 Å².